The second-order valence-corrected chi connectivity index (χ2v) is 8.30. The van der Waals surface area contributed by atoms with E-state index in [1.54, 1.807) is 4.90 Å². The van der Waals surface area contributed by atoms with Crippen molar-refractivity contribution in [1.82, 2.24) is 9.80 Å². The van der Waals surface area contributed by atoms with E-state index in [4.69, 9.17) is 0 Å². The van der Waals surface area contributed by atoms with Gasteiger partial charge >= 0.3 is 0 Å². The largest absolute Gasteiger partial charge is 0.337 e. The Hall–Kier alpha value is -3.70. The number of nitrogens with zero attached hydrogens (tertiary/aromatic N) is 2. The molecule has 1 aliphatic rings. The molecule has 4 aromatic rings. The van der Waals surface area contributed by atoms with Crippen LogP contribution >= 0.6 is 0 Å². The highest BCUT2D eigenvalue weighted by molar-refractivity contribution is 6.22. The van der Waals surface area contributed by atoms with Gasteiger partial charge in [0.2, 0.25) is 11.8 Å². The van der Waals surface area contributed by atoms with E-state index in [1.807, 2.05) is 43.4 Å². The lowest BCUT2D eigenvalue weighted by atomic mass is 9.96. The van der Waals surface area contributed by atoms with Gasteiger partial charge in [0.25, 0.3) is 0 Å². The molecular formula is C27H25N3O2. The van der Waals surface area contributed by atoms with Crippen LogP contribution in [0.3, 0.4) is 0 Å². The second-order valence-electron chi connectivity index (χ2n) is 8.30. The fraction of sp³-hybridized carbons (Fsp3) is 0.185. The normalized spacial score (nSPS) is 15.1. The molecule has 0 atom stereocenters. The topological polar surface area (TPSA) is 52.7 Å². The summed E-state index contributed by atoms with van der Waals surface area (Å²) in [6, 6.07) is 22.6. The maximum Gasteiger partial charge on any atom is 0.248 e. The molecule has 0 radical (unpaired) electrons. The monoisotopic (exact) mass is 423 g/mol. The molecule has 0 unspecified atom stereocenters. The van der Waals surface area contributed by atoms with Crippen LogP contribution in [0.25, 0.3) is 32.3 Å². The Bertz CT molecular complexity index is 1370. The van der Waals surface area contributed by atoms with E-state index in [1.165, 1.54) is 12.2 Å². The summed E-state index contributed by atoms with van der Waals surface area (Å²) in [7, 11) is 2.04. The van der Waals surface area contributed by atoms with Gasteiger partial charge in [-0.3, -0.25) is 9.59 Å². The quantitative estimate of drug-likeness (QED) is 0.392. The number of amides is 2. The molecule has 5 heteroatoms. The highest BCUT2D eigenvalue weighted by Crippen LogP contribution is 2.35. The van der Waals surface area contributed by atoms with Crippen molar-refractivity contribution in [3.05, 3.63) is 78.9 Å². The van der Waals surface area contributed by atoms with E-state index in [0.717, 1.165) is 51.1 Å². The molecule has 0 bridgehead atoms. The highest BCUT2D eigenvalue weighted by Gasteiger charge is 2.17. The molecule has 0 aromatic heterocycles. The summed E-state index contributed by atoms with van der Waals surface area (Å²) in [6.07, 6.45) is 2.71. The van der Waals surface area contributed by atoms with Crippen molar-refractivity contribution in [2.45, 2.75) is 0 Å². The Morgan fingerprint density at radius 2 is 1.41 bits per heavy atom. The van der Waals surface area contributed by atoms with Crippen LogP contribution in [0.5, 0.6) is 0 Å². The fourth-order valence-electron chi connectivity index (χ4n) is 4.42. The predicted octanol–water partition coefficient (Wildman–Crippen LogP) is 4.41. The van der Waals surface area contributed by atoms with Gasteiger partial charge in [0.15, 0.2) is 0 Å². The van der Waals surface area contributed by atoms with E-state index < -0.39 is 0 Å². The Balaban J connectivity index is 1.47. The molecule has 0 spiro atoms. The van der Waals surface area contributed by atoms with Gasteiger partial charge in [-0.25, -0.2) is 0 Å². The third kappa shape index (κ3) is 3.83. The lowest BCUT2D eigenvalue weighted by Crippen LogP contribution is -2.46. The summed E-state index contributed by atoms with van der Waals surface area (Å²) in [6.45, 7) is 3.07. The zero-order valence-corrected chi connectivity index (χ0v) is 18.0. The van der Waals surface area contributed by atoms with Crippen molar-refractivity contribution in [1.29, 1.82) is 0 Å². The number of hydrogen-bond donors (Lipinski definition) is 1. The molecule has 32 heavy (non-hydrogen) atoms. The highest BCUT2D eigenvalue weighted by atomic mass is 16.2. The van der Waals surface area contributed by atoms with Gasteiger partial charge < -0.3 is 15.1 Å². The van der Waals surface area contributed by atoms with Crippen LogP contribution in [-0.2, 0) is 9.59 Å². The van der Waals surface area contributed by atoms with Crippen LogP contribution < -0.4 is 5.32 Å². The van der Waals surface area contributed by atoms with Crippen molar-refractivity contribution in [2.75, 3.05) is 38.5 Å². The van der Waals surface area contributed by atoms with Gasteiger partial charge in [-0.2, -0.15) is 0 Å². The summed E-state index contributed by atoms with van der Waals surface area (Å²) < 4.78 is 0. The van der Waals surface area contributed by atoms with Gasteiger partial charge in [-0.15, -0.1) is 0 Å². The van der Waals surface area contributed by atoms with E-state index in [0.29, 0.717) is 13.1 Å². The van der Waals surface area contributed by atoms with Crippen LogP contribution in [-0.4, -0.2) is 54.8 Å². The van der Waals surface area contributed by atoms with Gasteiger partial charge in [-0.1, -0.05) is 60.7 Å². The maximum absolute atomic E-state index is 12.7. The first-order valence-corrected chi connectivity index (χ1v) is 10.9. The fourth-order valence-corrected chi connectivity index (χ4v) is 4.42. The molecule has 0 aliphatic carbocycles. The van der Waals surface area contributed by atoms with Crippen LogP contribution in [0.1, 0.15) is 0 Å². The number of carbonyl (C=O) groups excluding carboxylic acids is 2. The number of likely N-dealkylation sites (N-methyl/N-ethyl adjacent to an activating group) is 1. The van der Waals surface area contributed by atoms with E-state index in [2.05, 4.69) is 40.5 Å². The zero-order valence-electron chi connectivity index (χ0n) is 18.0. The molecule has 4 aromatic carbocycles. The smallest absolute Gasteiger partial charge is 0.248 e. The van der Waals surface area contributed by atoms with Crippen LogP contribution in [0, 0.1) is 0 Å². The van der Waals surface area contributed by atoms with Crippen molar-refractivity contribution in [2.24, 2.45) is 0 Å². The lowest BCUT2D eigenvalue weighted by Gasteiger charge is -2.31. The number of fused-ring (bicyclic) bond motifs is 5. The van der Waals surface area contributed by atoms with Crippen LogP contribution in [0.2, 0.25) is 0 Å². The van der Waals surface area contributed by atoms with E-state index in [9.17, 15) is 9.59 Å². The number of hydrogen-bond acceptors (Lipinski definition) is 3. The van der Waals surface area contributed by atoms with Crippen LogP contribution in [0.15, 0.2) is 78.9 Å². The number of carbonyl (C=O) groups is 2. The molecule has 1 aliphatic heterocycles. The Kier molecular flexibility index (Phi) is 5.33. The maximum atomic E-state index is 12.7. The van der Waals surface area contributed by atoms with Crippen molar-refractivity contribution < 1.29 is 9.59 Å². The Morgan fingerprint density at radius 3 is 2.19 bits per heavy atom. The molecule has 5 nitrogen and oxygen atoms in total. The first-order chi connectivity index (χ1) is 15.6. The van der Waals surface area contributed by atoms with Gasteiger partial charge in [0.1, 0.15) is 0 Å². The molecule has 0 saturated carbocycles. The van der Waals surface area contributed by atoms with E-state index in [-0.39, 0.29) is 11.8 Å². The summed E-state index contributed by atoms with van der Waals surface area (Å²) >= 11 is 0. The molecule has 1 fully saturated rings. The molecule has 2 amide bonds. The first-order valence-electron chi connectivity index (χ1n) is 10.9. The van der Waals surface area contributed by atoms with Gasteiger partial charge in [0.05, 0.1) is 0 Å². The average Bonchev–Trinajstić information content (AvgIpc) is 2.83. The Labute approximate surface area is 186 Å². The summed E-state index contributed by atoms with van der Waals surface area (Å²) in [5, 5.41) is 9.61. The molecule has 1 saturated heterocycles. The minimum Gasteiger partial charge on any atom is -0.337 e. The van der Waals surface area contributed by atoms with Crippen molar-refractivity contribution >= 4 is 49.8 Å². The zero-order chi connectivity index (χ0) is 22.1. The minimum absolute atomic E-state index is 0.123. The molecular weight excluding hydrogens is 398 g/mol. The number of benzene rings is 4. The second kappa shape index (κ2) is 8.44. The molecule has 1 heterocycles. The molecule has 1 N–H and O–H groups in total. The Morgan fingerprint density at radius 1 is 0.750 bits per heavy atom. The van der Waals surface area contributed by atoms with Crippen molar-refractivity contribution in [3.8, 4) is 0 Å². The predicted molar refractivity (Wildman–Crippen MR) is 131 cm³/mol. The summed E-state index contributed by atoms with van der Waals surface area (Å²) in [5.74, 6) is -0.431. The van der Waals surface area contributed by atoms with Gasteiger partial charge in [0, 0.05) is 49.4 Å². The number of anilines is 1. The summed E-state index contributed by atoms with van der Waals surface area (Å²) in [5.41, 5.74) is 0.742. The molecule has 160 valence electrons. The number of nitrogens with one attached hydrogen (secondary N) is 1. The molecule has 5 rings (SSSR count). The third-order valence-electron chi connectivity index (χ3n) is 6.22. The first kappa shape index (κ1) is 20.2. The van der Waals surface area contributed by atoms with Crippen LogP contribution in [0.4, 0.5) is 5.69 Å². The number of rotatable bonds is 3. The van der Waals surface area contributed by atoms with Crippen molar-refractivity contribution in [3.63, 3.8) is 0 Å². The average molecular weight is 424 g/mol. The minimum atomic E-state index is -0.308. The summed E-state index contributed by atoms with van der Waals surface area (Å²) in [4.78, 5) is 29.1. The standard InChI is InChI=1S/C27H25N3O2/c1-29-14-16-30(17-15-29)27(32)13-12-26(31)28-25-18-24-20-7-3-2-6-19(20)10-11-22(24)21-8-4-5-9-23(21)25/h2-13,18H,14-17H2,1H3,(H,28,31)/b13-12+. The van der Waals surface area contributed by atoms with E-state index >= 15 is 0 Å². The SMILES string of the molecule is CN1CCN(C(=O)/C=C/C(=O)Nc2cc3c4ccccc4ccc3c3ccccc23)CC1. The lowest BCUT2D eigenvalue weighted by molar-refractivity contribution is -0.127. The van der Waals surface area contributed by atoms with Gasteiger partial charge in [-0.05, 0) is 40.0 Å². The number of piperazine rings is 1. The third-order valence-corrected chi connectivity index (χ3v) is 6.22.